The zero-order valence-electron chi connectivity index (χ0n) is 13.0. The Morgan fingerprint density at radius 1 is 1.11 bits per heavy atom. The summed E-state index contributed by atoms with van der Waals surface area (Å²) >= 11 is 0. The van der Waals surface area contributed by atoms with Crippen LogP contribution >= 0.6 is 0 Å². The molecule has 0 aromatic carbocycles. The van der Waals surface area contributed by atoms with Gasteiger partial charge in [-0.2, -0.15) is 0 Å². The minimum atomic E-state index is 0.366. The first kappa shape index (κ1) is 16.0. The van der Waals surface area contributed by atoms with Gasteiger partial charge in [-0.3, -0.25) is 0 Å². The third kappa shape index (κ3) is 5.71. The number of ether oxygens (including phenoxy) is 1. The lowest BCUT2D eigenvalue weighted by molar-refractivity contribution is 0.0118. The van der Waals surface area contributed by atoms with Crippen molar-refractivity contribution in [2.75, 3.05) is 13.2 Å². The van der Waals surface area contributed by atoms with E-state index in [1.165, 1.54) is 32.2 Å². The van der Waals surface area contributed by atoms with Crippen LogP contribution in [0.25, 0.3) is 0 Å². The molecule has 3 atom stereocenters. The second kappa shape index (κ2) is 8.16. The largest absolute Gasteiger partial charge is 0.378 e. The maximum atomic E-state index is 5.88. The fourth-order valence-corrected chi connectivity index (χ4v) is 2.97. The molecule has 3 unspecified atom stereocenters. The zero-order valence-corrected chi connectivity index (χ0v) is 13.0. The van der Waals surface area contributed by atoms with Gasteiger partial charge in [0.2, 0.25) is 0 Å². The van der Waals surface area contributed by atoms with Crippen LogP contribution in [0.5, 0.6) is 0 Å². The summed E-state index contributed by atoms with van der Waals surface area (Å²) in [6.45, 7) is 13.2. The van der Waals surface area contributed by atoms with E-state index in [-0.39, 0.29) is 0 Å². The lowest BCUT2D eigenvalue weighted by Gasteiger charge is -2.36. The summed E-state index contributed by atoms with van der Waals surface area (Å²) in [7, 11) is 0. The van der Waals surface area contributed by atoms with Crippen molar-refractivity contribution in [2.45, 2.75) is 72.4 Å². The maximum Gasteiger partial charge on any atom is 0.0519 e. The molecule has 18 heavy (non-hydrogen) atoms. The first-order chi connectivity index (χ1) is 8.52. The monoisotopic (exact) mass is 255 g/mol. The molecule has 0 heterocycles. The summed E-state index contributed by atoms with van der Waals surface area (Å²) in [6, 6.07) is 0.598. The molecule has 1 fully saturated rings. The molecule has 1 N–H and O–H groups in total. The molecule has 1 rings (SSSR count). The van der Waals surface area contributed by atoms with E-state index in [0.717, 1.165) is 24.4 Å². The Balaban J connectivity index is 2.45. The minimum absolute atomic E-state index is 0.366. The van der Waals surface area contributed by atoms with Crippen molar-refractivity contribution in [1.29, 1.82) is 0 Å². The molecule has 1 aliphatic carbocycles. The molecule has 0 bridgehead atoms. The first-order valence-corrected chi connectivity index (χ1v) is 7.87. The molecular formula is C16H33NO. The topological polar surface area (TPSA) is 21.3 Å². The Hall–Kier alpha value is -0.0800. The van der Waals surface area contributed by atoms with Crippen LogP contribution in [0.1, 0.15) is 60.3 Å². The van der Waals surface area contributed by atoms with E-state index < -0.39 is 0 Å². The van der Waals surface area contributed by atoms with Crippen molar-refractivity contribution in [2.24, 2.45) is 17.8 Å². The highest BCUT2D eigenvalue weighted by atomic mass is 16.5. The minimum Gasteiger partial charge on any atom is -0.378 e. The summed E-state index contributed by atoms with van der Waals surface area (Å²) < 4.78 is 5.88. The highest BCUT2D eigenvalue weighted by molar-refractivity contribution is 4.81. The molecule has 108 valence electrons. The van der Waals surface area contributed by atoms with Crippen LogP contribution in [0.4, 0.5) is 0 Å². The zero-order chi connectivity index (χ0) is 13.5. The standard InChI is InChI=1S/C16H33NO/c1-6-14-7-8-15(10-17-12(2)3)16(9-14)11-18-13(4)5/h12-17H,6-11H2,1-5H3. The molecule has 0 saturated heterocycles. The fraction of sp³-hybridized carbons (Fsp3) is 1.00. The second-order valence-electron chi connectivity index (χ2n) is 6.55. The van der Waals surface area contributed by atoms with Crippen LogP contribution in [-0.4, -0.2) is 25.3 Å². The maximum absolute atomic E-state index is 5.88. The SMILES string of the molecule is CCC1CCC(CNC(C)C)C(COC(C)C)C1. The lowest BCUT2D eigenvalue weighted by atomic mass is 9.73. The van der Waals surface area contributed by atoms with Crippen LogP contribution in [0.3, 0.4) is 0 Å². The predicted molar refractivity (Wildman–Crippen MR) is 78.8 cm³/mol. The van der Waals surface area contributed by atoms with Gasteiger partial charge < -0.3 is 10.1 Å². The highest BCUT2D eigenvalue weighted by Gasteiger charge is 2.29. The van der Waals surface area contributed by atoms with Crippen LogP contribution in [0, 0.1) is 17.8 Å². The van der Waals surface area contributed by atoms with Crippen molar-refractivity contribution in [3.63, 3.8) is 0 Å². The van der Waals surface area contributed by atoms with Gasteiger partial charge in [-0.05, 0) is 51.0 Å². The van der Waals surface area contributed by atoms with Crippen LogP contribution in [0.2, 0.25) is 0 Å². The molecule has 0 aromatic rings. The van der Waals surface area contributed by atoms with Gasteiger partial charge in [0.25, 0.3) is 0 Å². The predicted octanol–water partition coefficient (Wildman–Crippen LogP) is 3.85. The molecule has 0 aromatic heterocycles. The van der Waals surface area contributed by atoms with Crippen LogP contribution < -0.4 is 5.32 Å². The van der Waals surface area contributed by atoms with Crippen molar-refractivity contribution in [1.82, 2.24) is 5.32 Å². The molecule has 0 spiro atoms. The molecule has 0 amide bonds. The summed E-state index contributed by atoms with van der Waals surface area (Å²) in [6.07, 6.45) is 5.87. The third-order valence-corrected chi connectivity index (χ3v) is 4.26. The highest BCUT2D eigenvalue weighted by Crippen LogP contribution is 2.35. The lowest BCUT2D eigenvalue weighted by Crippen LogP contribution is -2.38. The Labute approximate surface area is 114 Å². The number of nitrogens with one attached hydrogen (secondary N) is 1. The van der Waals surface area contributed by atoms with Gasteiger partial charge in [-0.15, -0.1) is 0 Å². The molecular weight excluding hydrogens is 222 g/mol. The van der Waals surface area contributed by atoms with Crippen molar-refractivity contribution in [3.05, 3.63) is 0 Å². The van der Waals surface area contributed by atoms with Crippen LogP contribution in [0.15, 0.2) is 0 Å². The van der Waals surface area contributed by atoms with Crippen LogP contribution in [-0.2, 0) is 4.74 Å². The van der Waals surface area contributed by atoms with Gasteiger partial charge in [0.1, 0.15) is 0 Å². The van der Waals surface area contributed by atoms with E-state index in [1.807, 2.05) is 0 Å². The van der Waals surface area contributed by atoms with E-state index in [0.29, 0.717) is 12.1 Å². The number of hydrogen-bond acceptors (Lipinski definition) is 2. The average Bonchev–Trinajstić information content (AvgIpc) is 2.34. The molecule has 0 radical (unpaired) electrons. The second-order valence-corrected chi connectivity index (χ2v) is 6.55. The normalized spacial score (nSPS) is 29.2. The van der Waals surface area contributed by atoms with Crippen molar-refractivity contribution < 1.29 is 4.74 Å². The molecule has 1 saturated carbocycles. The van der Waals surface area contributed by atoms with E-state index in [1.54, 1.807) is 0 Å². The molecule has 1 aliphatic rings. The summed E-state index contributed by atoms with van der Waals surface area (Å²) in [5.41, 5.74) is 0. The van der Waals surface area contributed by atoms with Crippen molar-refractivity contribution in [3.8, 4) is 0 Å². The summed E-state index contributed by atoms with van der Waals surface area (Å²) in [5, 5.41) is 3.61. The molecule has 2 nitrogen and oxygen atoms in total. The van der Waals surface area contributed by atoms with Crippen molar-refractivity contribution >= 4 is 0 Å². The van der Waals surface area contributed by atoms with E-state index in [9.17, 15) is 0 Å². The van der Waals surface area contributed by atoms with Gasteiger partial charge in [0, 0.05) is 6.04 Å². The number of hydrogen-bond donors (Lipinski definition) is 1. The van der Waals surface area contributed by atoms with Gasteiger partial charge in [-0.1, -0.05) is 33.6 Å². The third-order valence-electron chi connectivity index (χ3n) is 4.26. The van der Waals surface area contributed by atoms with E-state index in [4.69, 9.17) is 4.74 Å². The quantitative estimate of drug-likeness (QED) is 0.746. The average molecular weight is 255 g/mol. The van der Waals surface area contributed by atoms with Gasteiger partial charge >= 0.3 is 0 Å². The Morgan fingerprint density at radius 3 is 2.39 bits per heavy atom. The number of rotatable bonds is 7. The van der Waals surface area contributed by atoms with Gasteiger partial charge in [0.15, 0.2) is 0 Å². The Bertz CT molecular complexity index is 215. The van der Waals surface area contributed by atoms with E-state index in [2.05, 4.69) is 39.9 Å². The summed E-state index contributed by atoms with van der Waals surface area (Å²) in [4.78, 5) is 0. The Kier molecular flexibility index (Phi) is 7.25. The van der Waals surface area contributed by atoms with Gasteiger partial charge in [0.05, 0.1) is 12.7 Å². The van der Waals surface area contributed by atoms with E-state index >= 15 is 0 Å². The molecule has 2 heteroatoms. The smallest absolute Gasteiger partial charge is 0.0519 e. The first-order valence-electron chi connectivity index (χ1n) is 7.87. The summed E-state index contributed by atoms with van der Waals surface area (Å²) in [5.74, 6) is 2.51. The molecule has 0 aliphatic heterocycles. The Morgan fingerprint density at radius 2 is 1.83 bits per heavy atom. The van der Waals surface area contributed by atoms with Gasteiger partial charge in [-0.25, -0.2) is 0 Å². The fourth-order valence-electron chi connectivity index (χ4n) is 2.97.